The van der Waals surface area contributed by atoms with Crippen molar-refractivity contribution in [3.8, 4) is 11.3 Å². The molecule has 1 fully saturated rings. The third-order valence-electron chi connectivity index (χ3n) is 5.44. The number of carbonyl (C=O) groups excluding carboxylic acids is 1. The quantitative estimate of drug-likeness (QED) is 0.683. The van der Waals surface area contributed by atoms with E-state index in [9.17, 15) is 4.79 Å². The first-order valence-corrected chi connectivity index (χ1v) is 9.71. The molecule has 2 aromatic heterocycles. The van der Waals surface area contributed by atoms with Crippen molar-refractivity contribution < 1.29 is 4.79 Å². The van der Waals surface area contributed by atoms with E-state index in [0.717, 1.165) is 52.7 Å². The standard InChI is InChI=1S/C22H26N4O/c1-14(2)26-13-17(12-23-26)20-11-19(22(27)25-9-5-6-16(25)4)18-8-7-15(3)10-21(18)24-20/h7-8,10-14,16H,5-6,9H2,1-4H3/t16-/m1/s1. The highest BCUT2D eigenvalue weighted by molar-refractivity contribution is 6.07. The third-order valence-corrected chi connectivity index (χ3v) is 5.44. The predicted molar refractivity (Wildman–Crippen MR) is 108 cm³/mol. The fourth-order valence-electron chi connectivity index (χ4n) is 3.81. The topological polar surface area (TPSA) is 51.0 Å². The third kappa shape index (κ3) is 3.22. The van der Waals surface area contributed by atoms with Gasteiger partial charge in [-0.3, -0.25) is 9.48 Å². The van der Waals surface area contributed by atoms with E-state index in [0.29, 0.717) is 6.04 Å². The molecule has 0 N–H and O–H groups in total. The van der Waals surface area contributed by atoms with Crippen LogP contribution < -0.4 is 0 Å². The Morgan fingerprint density at radius 1 is 1.26 bits per heavy atom. The van der Waals surface area contributed by atoms with Crippen molar-refractivity contribution >= 4 is 16.8 Å². The number of rotatable bonds is 3. The second-order valence-electron chi connectivity index (χ2n) is 7.87. The lowest BCUT2D eigenvalue weighted by molar-refractivity contribution is 0.0749. The van der Waals surface area contributed by atoms with Crippen LogP contribution in [0, 0.1) is 6.92 Å². The first-order valence-electron chi connectivity index (χ1n) is 9.71. The highest BCUT2D eigenvalue weighted by Gasteiger charge is 2.27. The van der Waals surface area contributed by atoms with E-state index in [1.54, 1.807) is 0 Å². The van der Waals surface area contributed by atoms with Gasteiger partial charge in [-0.2, -0.15) is 5.10 Å². The number of aryl methyl sites for hydroxylation is 1. The van der Waals surface area contributed by atoms with Crippen molar-refractivity contribution in [1.29, 1.82) is 0 Å². The van der Waals surface area contributed by atoms with Gasteiger partial charge in [-0.1, -0.05) is 12.1 Å². The van der Waals surface area contributed by atoms with Gasteiger partial charge < -0.3 is 4.90 Å². The van der Waals surface area contributed by atoms with E-state index in [4.69, 9.17) is 4.98 Å². The van der Waals surface area contributed by atoms with Crippen molar-refractivity contribution in [1.82, 2.24) is 19.7 Å². The minimum Gasteiger partial charge on any atom is -0.336 e. The molecule has 1 aliphatic rings. The summed E-state index contributed by atoms with van der Waals surface area (Å²) in [5.41, 5.74) is 4.48. The summed E-state index contributed by atoms with van der Waals surface area (Å²) in [6, 6.07) is 8.63. The molecule has 1 amide bonds. The van der Waals surface area contributed by atoms with E-state index in [2.05, 4.69) is 38.9 Å². The Morgan fingerprint density at radius 2 is 2.07 bits per heavy atom. The van der Waals surface area contributed by atoms with Crippen LogP contribution >= 0.6 is 0 Å². The molecule has 0 bridgehead atoms. The fraction of sp³-hybridized carbons (Fsp3) is 0.409. The van der Waals surface area contributed by atoms with E-state index < -0.39 is 0 Å². The maximum absolute atomic E-state index is 13.3. The minimum atomic E-state index is 0.105. The maximum Gasteiger partial charge on any atom is 0.254 e. The van der Waals surface area contributed by atoms with Gasteiger partial charge in [0.15, 0.2) is 0 Å². The summed E-state index contributed by atoms with van der Waals surface area (Å²) in [7, 11) is 0. The molecule has 27 heavy (non-hydrogen) atoms. The lowest BCUT2D eigenvalue weighted by Gasteiger charge is -2.22. The van der Waals surface area contributed by atoms with Gasteiger partial charge in [0.25, 0.3) is 5.91 Å². The molecule has 3 aromatic rings. The summed E-state index contributed by atoms with van der Waals surface area (Å²) in [4.78, 5) is 20.2. The number of pyridine rings is 1. The van der Waals surface area contributed by atoms with Gasteiger partial charge in [0, 0.05) is 35.8 Å². The molecule has 3 heterocycles. The molecule has 4 rings (SSSR count). The highest BCUT2D eigenvalue weighted by Crippen LogP contribution is 2.29. The van der Waals surface area contributed by atoms with Gasteiger partial charge in [0.2, 0.25) is 0 Å². The van der Waals surface area contributed by atoms with Gasteiger partial charge in [-0.25, -0.2) is 4.98 Å². The van der Waals surface area contributed by atoms with Crippen molar-refractivity contribution in [2.24, 2.45) is 0 Å². The molecule has 0 spiro atoms. The lowest BCUT2D eigenvalue weighted by Crippen LogP contribution is -2.33. The number of amides is 1. The summed E-state index contributed by atoms with van der Waals surface area (Å²) in [6.07, 6.45) is 5.98. The van der Waals surface area contributed by atoms with E-state index in [-0.39, 0.29) is 11.9 Å². The van der Waals surface area contributed by atoms with Gasteiger partial charge in [0.1, 0.15) is 0 Å². The van der Waals surface area contributed by atoms with Crippen molar-refractivity contribution in [2.45, 2.75) is 52.6 Å². The number of carbonyl (C=O) groups is 1. The average molecular weight is 362 g/mol. The molecule has 1 atom stereocenters. The van der Waals surface area contributed by atoms with Crippen LogP contribution in [0.4, 0.5) is 0 Å². The molecular formula is C22H26N4O. The second-order valence-corrected chi connectivity index (χ2v) is 7.87. The van der Waals surface area contributed by atoms with Gasteiger partial charge in [0.05, 0.1) is 23.0 Å². The number of fused-ring (bicyclic) bond motifs is 1. The van der Waals surface area contributed by atoms with Crippen molar-refractivity contribution in [3.63, 3.8) is 0 Å². The number of benzene rings is 1. The zero-order valence-corrected chi connectivity index (χ0v) is 16.4. The Hall–Kier alpha value is -2.69. The molecule has 0 aliphatic carbocycles. The molecule has 1 aromatic carbocycles. The molecule has 0 unspecified atom stereocenters. The maximum atomic E-state index is 13.3. The normalized spacial score (nSPS) is 17.2. The zero-order valence-electron chi connectivity index (χ0n) is 16.4. The molecule has 0 radical (unpaired) electrons. The highest BCUT2D eigenvalue weighted by atomic mass is 16.2. The molecule has 1 aliphatic heterocycles. The number of likely N-dealkylation sites (tertiary alicyclic amines) is 1. The van der Waals surface area contributed by atoms with Crippen LogP contribution in [0.1, 0.15) is 55.6 Å². The van der Waals surface area contributed by atoms with E-state index >= 15 is 0 Å². The number of nitrogens with zero attached hydrogens (tertiary/aromatic N) is 4. The van der Waals surface area contributed by atoms with Crippen molar-refractivity contribution in [2.75, 3.05) is 6.54 Å². The summed E-state index contributed by atoms with van der Waals surface area (Å²) < 4.78 is 1.92. The Bertz CT molecular complexity index is 1000. The zero-order chi connectivity index (χ0) is 19.1. The van der Waals surface area contributed by atoms with Gasteiger partial charge >= 0.3 is 0 Å². The summed E-state index contributed by atoms with van der Waals surface area (Å²) in [5, 5.41) is 5.36. The summed E-state index contributed by atoms with van der Waals surface area (Å²) in [5.74, 6) is 0.105. The Balaban J connectivity index is 1.87. The van der Waals surface area contributed by atoms with Crippen LogP contribution in [0.15, 0.2) is 36.7 Å². The molecule has 5 nitrogen and oxygen atoms in total. The van der Waals surface area contributed by atoms with E-state index in [1.807, 2.05) is 40.2 Å². The second kappa shape index (κ2) is 6.80. The smallest absolute Gasteiger partial charge is 0.254 e. The Labute approximate surface area is 160 Å². The minimum absolute atomic E-state index is 0.105. The largest absolute Gasteiger partial charge is 0.336 e. The fourth-order valence-corrected chi connectivity index (χ4v) is 3.81. The van der Waals surface area contributed by atoms with Crippen LogP contribution in [-0.2, 0) is 0 Å². The first kappa shape index (κ1) is 17.7. The van der Waals surface area contributed by atoms with Crippen LogP contribution in [0.3, 0.4) is 0 Å². The Morgan fingerprint density at radius 3 is 2.74 bits per heavy atom. The summed E-state index contributed by atoms with van der Waals surface area (Å²) >= 11 is 0. The average Bonchev–Trinajstić information content (AvgIpc) is 3.29. The van der Waals surface area contributed by atoms with Crippen LogP contribution in [0.25, 0.3) is 22.2 Å². The van der Waals surface area contributed by atoms with Crippen LogP contribution in [0.5, 0.6) is 0 Å². The van der Waals surface area contributed by atoms with E-state index in [1.165, 1.54) is 0 Å². The Kier molecular flexibility index (Phi) is 4.46. The number of hydrogen-bond donors (Lipinski definition) is 0. The number of hydrogen-bond acceptors (Lipinski definition) is 3. The molecular weight excluding hydrogens is 336 g/mol. The summed E-state index contributed by atoms with van der Waals surface area (Å²) in [6.45, 7) is 9.20. The SMILES string of the molecule is Cc1ccc2c(C(=O)N3CCC[C@H]3C)cc(-c3cnn(C(C)C)c3)nc2c1. The first-order chi connectivity index (χ1) is 12.9. The van der Waals surface area contributed by atoms with Gasteiger partial charge in [-0.15, -0.1) is 0 Å². The molecule has 5 heteroatoms. The van der Waals surface area contributed by atoms with Crippen LogP contribution in [0.2, 0.25) is 0 Å². The van der Waals surface area contributed by atoms with Gasteiger partial charge in [-0.05, 0) is 58.2 Å². The van der Waals surface area contributed by atoms with Crippen LogP contribution in [-0.4, -0.2) is 38.2 Å². The van der Waals surface area contributed by atoms with Crippen molar-refractivity contribution in [3.05, 3.63) is 47.8 Å². The molecule has 0 saturated carbocycles. The molecule has 140 valence electrons. The number of aromatic nitrogens is 3. The molecule has 1 saturated heterocycles. The monoisotopic (exact) mass is 362 g/mol. The predicted octanol–water partition coefficient (Wildman–Crippen LogP) is 4.61. The lowest BCUT2D eigenvalue weighted by atomic mass is 10.0.